The number of carbonyl (C=O) groups excluding carboxylic acids is 1. The van der Waals surface area contributed by atoms with Crippen molar-refractivity contribution < 1.29 is 18.3 Å². The molecular formula is C21H30F2N4O2. The molecule has 3 aliphatic heterocycles. The van der Waals surface area contributed by atoms with E-state index in [0.717, 1.165) is 31.0 Å². The summed E-state index contributed by atoms with van der Waals surface area (Å²) in [6, 6.07) is 5.75. The zero-order valence-corrected chi connectivity index (χ0v) is 17.1. The third-order valence-electron chi connectivity index (χ3n) is 6.30. The van der Waals surface area contributed by atoms with Gasteiger partial charge in [-0.1, -0.05) is 6.07 Å². The van der Waals surface area contributed by atoms with Gasteiger partial charge in [-0.3, -0.25) is 9.69 Å². The second-order valence-corrected chi connectivity index (χ2v) is 8.53. The zero-order valence-electron chi connectivity index (χ0n) is 17.1. The van der Waals surface area contributed by atoms with Gasteiger partial charge in [0, 0.05) is 45.7 Å². The van der Waals surface area contributed by atoms with Crippen LogP contribution in [0.25, 0.3) is 0 Å². The van der Waals surface area contributed by atoms with Gasteiger partial charge in [-0.2, -0.15) is 0 Å². The summed E-state index contributed by atoms with van der Waals surface area (Å²) in [4.78, 5) is 23.3. The van der Waals surface area contributed by atoms with E-state index in [4.69, 9.17) is 9.72 Å². The number of carbonyl (C=O) groups is 1. The van der Waals surface area contributed by atoms with Crippen LogP contribution < -0.4 is 4.90 Å². The molecule has 0 aromatic carbocycles. The van der Waals surface area contributed by atoms with Crippen molar-refractivity contribution in [3.8, 4) is 0 Å². The molecular weight excluding hydrogens is 378 g/mol. The Labute approximate surface area is 170 Å². The van der Waals surface area contributed by atoms with Gasteiger partial charge in [0.15, 0.2) is 0 Å². The third-order valence-corrected chi connectivity index (χ3v) is 6.30. The standard InChI is InChI=1S/C21H30F2N4O2/c1-2-26-8-4-7-20(19(26)28)14-21(22,23)16-25(15-20)13-17-5-3-6-18(24-17)27-9-11-29-12-10-27/h3,5-6H,2,4,7-16H2,1H3. The lowest BCUT2D eigenvalue weighted by Crippen LogP contribution is -2.60. The SMILES string of the molecule is CCN1CCCC2(CN(Cc3cccc(N4CCOCC4)n3)CC(F)(F)C2)C1=O. The van der Waals surface area contributed by atoms with Crippen molar-refractivity contribution in [2.24, 2.45) is 5.41 Å². The average molecular weight is 408 g/mol. The van der Waals surface area contributed by atoms with Crippen molar-refractivity contribution >= 4 is 11.7 Å². The van der Waals surface area contributed by atoms with Crippen molar-refractivity contribution in [3.63, 3.8) is 0 Å². The number of ether oxygens (including phenoxy) is 1. The van der Waals surface area contributed by atoms with Gasteiger partial charge in [-0.15, -0.1) is 0 Å². The highest BCUT2D eigenvalue weighted by molar-refractivity contribution is 5.84. The number of piperidine rings is 2. The Morgan fingerprint density at radius 1 is 1.17 bits per heavy atom. The van der Waals surface area contributed by atoms with Crippen molar-refractivity contribution in [1.82, 2.24) is 14.8 Å². The molecule has 1 aromatic rings. The van der Waals surface area contributed by atoms with Gasteiger partial charge in [-0.05, 0) is 31.9 Å². The summed E-state index contributed by atoms with van der Waals surface area (Å²) in [5.74, 6) is -2.12. The molecule has 3 saturated heterocycles. The number of aromatic nitrogens is 1. The molecule has 1 atom stereocenters. The summed E-state index contributed by atoms with van der Waals surface area (Å²) >= 11 is 0. The normalized spacial score (nSPS) is 28.2. The molecule has 0 bridgehead atoms. The largest absolute Gasteiger partial charge is 0.378 e. The number of morpholine rings is 1. The van der Waals surface area contributed by atoms with Gasteiger partial charge in [0.05, 0.1) is 30.9 Å². The first-order valence-electron chi connectivity index (χ1n) is 10.6. The first-order valence-corrected chi connectivity index (χ1v) is 10.6. The van der Waals surface area contributed by atoms with Crippen LogP contribution in [0.15, 0.2) is 18.2 Å². The van der Waals surface area contributed by atoms with E-state index < -0.39 is 11.3 Å². The number of likely N-dealkylation sites (tertiary alicyclic amines) is 2. The lowest BCUT2D eigenvalue weighted by atomic mass is 9.71. The summed E-state index contributed by atoms with van der Waals surface area (Å²) in [5, 5.41) is 0. The fourth-order valence-corrected chi connectivity index (χ4v) is 5.05. The fourth-order valence-electron chi connectivity index (χ4n) is 5.05. The number of hydrogen-bond donors (Lipinski definition) is 0. The Morgan fingerprint density at radius 2 is 1.97 bits per heavy atom. The Morgan fingerprint density at radius 3 is 2.72 bits per heavy atom. The third kappa shape index (κ3) is 4.38. The molecule has 1 amide bonds. The van der Waals surface area contributed by atoms with E-state index in [1.54, 1.807) is 9.80 Å². The van der Waals surface area contributed by atoms with E-state index in [2.05, 4.69) is 4.90 Å². The van der Waals surface area contributed by atoms with Crippen LogP contribution in [0.4, 0.5) is 14.6 Å². The average Bonchev–Trinajstić information content (AvgIpc) is 2.70. The molecule has 1 aromatic heterocycles. The summed E-state index contributed by atoms with van der Waals surface area (Å²) in [6.07, 6.45) is 0.983. The molecule has 8 heteroatoms. The van der Waals surface area contributed by atoms with Crippen LogP contribution in [-0.2, 0) is 16.1 Å². The van der Waals surface area contributed by atoms with Crippen LogP contribution in [0.2, 0.25) is 0 Å². The number of alkyl halides is 2. The molecule has 0 radical (unpaired) electrons. The Hall–Kier alpha value is -1.80. The van der Waals surface area contributed by atoms with Gasteiger partial charge < -0.3 is 14.5 Å². The molecule has 29 heavy (non-hydrogen) atoms. The molecule has 160 valence electrons. The van der Waals surface area contributed by atoms with Crippen LogP contribution in [-0.4, -0.2) is 79.1 Å². The summed E-state index contributed by atoms with van der Waals surface area (Å²) in [5.41, 5.74) is -0.213. The van der Waals surface area contributed by atoms with Crippen LogP contribution in [0.5, 0.6) is 0 Å². The van der Waals surface area contributed by atoms with Crippen LogP contribution in [0.1, 0.15) is 31.9 Å². The van der Waals surface area contributed by atoms with Gasteiger partial charge in [0.25, 0.3) is 5.92 Å². The molecule has 1 unspecified atom stereocenters. The minimum atomic E-state index is -2.87. The van der Waals surface area contributed by atoms with Crippen molar-refractivity contribution in [2.45, 2.75) is 38.7 Å². The van der Waals surface area contributed by atoms with Crippen LogP contribution in [0.3, 0.4) is 0 Å². The van der Waals surface area contributed by atoms with E-state index in [0.29, 0.717) is 45.8 Å². The topological polar surface area (TPSA) is 48.9 Å². The summed E-state index contributed by atoms with van der Waals surface area (Å²) in [7, 11) is 0. The number of halogens is 2. The molecule has 4 rings (SSSR count). The first-order chi connectivity index (χ1) is 13.9. The monoisotopic (exact) mass is 408 g/mol. The highest BCUT2D eigenvalue weighted by atomic mass is 19.3. The van der Waals surface area contributed by atoms with E-state index in [1.807, 2.05) is 25.1 Å². The number of amides is 1. The summed E-state index contributed by atoms with van der Waals surface area (Å²) < 4.78 is 34.8. The van der Waals surface area contributed by atoms with E-state index >= 15 is 0 Å². The highest BCUT2D eigenvalue weighted by Gasteiger charge is 2.54. The van der Waals surface area contributed by atoms with Gasteiger partial charge in [0.1, 0.15) is 5.82 Å². The Balaban J connectivity index is 1.52. The lowest BCUT2D eigenvalue weighted by molar-refractivity contribution is -0.170. The van der Waals surface area contributed by atoms with E-state index in [1.165, 1.54) is 0 Å². The van der Waals surface area contributed by atoms with Crippen LogP contribution in [0, 0.1) is 5.41 Å². The first kappa shape index (κ1) is 20.5. The number of hydrogen-bond acceptors (Lipinski definition) is 5. The van der Waals surface area contributed by atoms with E-state index in [-0.39, 0.29) is 18.9 Å². The predicted molar refractivity (Wildman–Crippen MR) is 106 cm³/mol. The minimum Gasteiger partial charge on any atom is -0.378 e. The minimum absolute atomic E-state index is 0.106. The van der Waals surface area contributed by atoms with Crippen molar-refractivity contribution in [3.05, 3.63) is 23.9 Å². The maximum absolute atomic E-state index is 14.7. The van der Waals surface area contributed by atoms with E-state index in [9.17, 15) is 13.6 Å². The second-order valence-electron chi connectivity index (χ2n) is 8.53. The maximum atomic E-state index is 14.7. The molecule has 3 fully saturated rings. The molecule has 1 spiro atoms. The molecule has 0 aliphatic carbocycles. The maximum Gasteiger partial charge on any atom is 0.261 e. The number of pyridine rings is 1. The fraction of sp³-hybridized carbons (Fsp3) is 0.714. The van der Waals surface area contributed by atoms with Gasteiger partial charge in [-0.25, -0.2) is 13.8 Å². The number of anilines is 1. The highest BCUT2D eigenvalue weighted by Crippen LogP contribution is 2.45. The Bertz CT molecular complexity index is 741. The quantitative estimate of drug-likeness (QED) is 0.766. The molecule has 4 heterocycles. The Kier molecular flexibility index (Phi) is 5.75. The van der Waals surface area contributed by atoms with Crippen LogP contribution >= 0.6 is 0 Å². The molecule has 6 nitrogen and oxygen atoms in total. The smallest absolute Gasteiger partial charge is 0.261 e. The van der Waals surface area contributed by atoms with Crippen molar-refractivity contribution in [1.29, 1.82) is 0 Å². The summed E-state index contributed by atoms with van der Waals surface area (Å²) in [6.45, 7) is 6.45. The molecule has 0 saturated carbocycles. The lowest BCUT2D eigenvalue weighted by Gasteiger charge is -2.49. The zero-order chi connectivity index (χ0) is 20.5. The van der Waals surface area contributed by atoms with Crippen molar-refractivity contribution in [2.75, 3.05) is 57.4 Å². The number of rotatable bonds is 4. The number of nitrogens with zero attached hydrogens (tertiary/aromatic N) is 4. The van der Waals surface area contributed by atoms with Gasteiger partial charge in [0.2, 0.25) is 5.91 Å². The molecule has 0 N–H and O–H groups in total. The molecule has 3 aliphatic rings. The van der Waals surface area contributed by atoms with Gasteiger partial charge >= 0.3 is 0 Å². The predicted octanol–water partition coefficient (Wildman–Crippen LogP) is 2.39. The second kappa shape index (κ2) is 8.14.